The molecule has 0 aliphatic carbocycles. The maximum absolute atomic E-state index is 5.32. The molecule has 55 heavy (non-hydrogen) atoms. The molecule has 0 aliphatic heterocycles. The molecule has 4 heteroatoms. The van der Waals surface area contributed by atoms with Crippen LogP contribution in [0.25, 0.3) is 105 Å². The molecule has 11 rings (SSSR count). The van der Waals surface area contributed by atoms with Gasteiger partial charge in [-0.25, -0.2) is 4.98 Å². The van der Waals surface area contributed by atoms with Crippen molar-refractivity contribution in [2.75, 3.05) is 0 Å². The van der Waals surface area contributed by atoms with Crippen LogP contribution in [0.2, 0.25) is 0 Å². The Balaban J connectivity index is 1.16. The number of rotatable bonds is 5. The lowest BCUT2D eigenvalue weighted by Crippen LogP contribution is -2.06. The molecule has 4 nitrogen and oxygen atoms in total. The average Bonchev–Trinajstić information content (AvgIpc) is 3.61. The monoisotopic (exact) mass is 700 g/mol. The minimum Gasteiger partial charge on any atom is -0.278 e. The van der Waals surface area contributed by atoms with Crippen LogP contribution in [0.4, 0.5) is 0 Å². The molecule has 0 aliphatic rings. The van der Waals surface area contributed by atoms with Crippen molar-refractivity contribution in [1.29, 1.82) is 0 Å². The molecule has 256 valence electrons. The second-order valence-electron chi connectivity index (χ2n) is 14.0. The quantitative estimate of drug-likeness (QED) is 0.179. The summed E-state index contributed by atoms with van der Waals surface area (Å²) in [6, 6.07) is 68.7. The van der Waals surface area contributed by atoms with Crippen LogP contribution in [-0.2, 0) is 0 Å². The van der Waals surface area contributed by atoms with Crippen molar-refractivity contribution in [3.05, 3.63) is 194 Å². The van der Waals surface area contributed by atoms with E-state index in [0.717, 1.165) is 44.1 Å². The number of hydrogen-bond acceptors (Lipinski definition) is 3. The van der Waals surface area contributed by atoms with Crippen molar-refractivity contribution >= 4 is 54.1 Å². The van der Waals surface area contributed by atoms with Crippen LogP contribution in [0.5, 0.6) is 0 Å². The van der Waals surface area contributed by atoms with E-state index in [1.54, 1.807) is 0 Å². The maximum Gasteiger partial charge on any atom is 0.238 e. The summed E-state index contributed by atoms with van der Waals surface area (Å²) >= 11 is 0. The highest BCUT2D eigenvalue weighted by Crippen LogP contribution is 2.39. The van der Waals surface area contributed by atoms with Gasteiger partial charge in [-0.15, -0.1) is 0 Å². The molecule has 0 radical (unpaired) electrons. The van der Waals surface area contributed by atoms with E-state index in [0.29, 0.717) is 17.6 Å². The Hall–Kier alpha value is -7.43. The zero-order valence-corrected chi connectivity index (χ0v) is 29.8. The van der Waals surface area contributed by atoms with E-state index < -0.39 is 0 Å². The van der Waals surface area contributed by atoms with Crippen LogP contribution in [-0.4, -0.2) is 19.5 Å². The number of aromatic nitrogens is 4. The molecule has 0 amide bonds. The predicted molar refractivity (Wildman–Crippen MR) is 228 cm³/mol. The zero-order chi connectivity index (χ0) is 36.3. The number of nitrogens with zero attached hydrogens (tertiary/aromatic N) is 4. The molecular weight excluding hydrogens is 669 g/mol. The summed E-state index contributed by atoms with van der Waals surface area (Å²) in [4.78, 5) is 15.8. The summed E-state index contributed by atoms with van der Waals surface area (Å²) in [5.74, 6) is 1.82. The molecule has 0 fully saturated rings. The van der Waals surface area contributed by atoms with E-state index in [9.17, 15) is 0 Å². The Morgan fingerprint density at radius 1 is 0.309 bits per heavy atom. The van der Waals surface area contributed by atoms with Crippen LogP contribution in [0.3, 0.4) is 0 Å². The van der Waals surface area contributed by atoms with Gasteiger partial charge in [-0.1, -0.05) is 170 Å². The van der Waals surface area contributed by atoms with Gasteiger partial charge in [-0.2, -0.15) is 9.97 Å². The topological polar surface area (TPSA) is 43.6 Å². The number of hydrogen-bond donors (Lipinski definition) is 0. The van der Waals surface area contributed by atoms with Crippen LogP contribution in [0.15, 0.2) is 194 Å². The van der Waals surface area contributed by atoms with E-state index in [1.807, 2.05) is 0 Å². The second-order valence-corrected chi connectivity index (χ2v) is 14.0. The molecule has 0 unspecified atom stereocenters. The van der Waals surface area contributed by atoms with Crippen molar-refractivity contribution in [3.8, 4) is 51.0 Å². The van der Waals surface area contributed by atoms with Gasteiger partial charge < -0.3 is 0 Å². The van der Waals surface area contributed by atoms with Crippen molar-refractivity contribution in [1.82, 2.24) is 19.5 Å². The summed E-state index contributed by atoms with van der Waals surface area (Å²) in [5.41, 5.74) is 8.63. The number of para-hydroxylation sites is 1. The summed E-state index contributed by atoms with van der Waals surface area (Å²) in [5, 5.41) is 9.49. The maximum atomic E-state index is 5.32. The van der Waals surface area contributed by atoms with Gasteiger partial charge in [0, 0.05) is 21.9 Å². The molecule has 0 N–H and O–H groups in total. The summed E-state index contributed by atoms with van der Waals surface area (Å²) in [7, 11) is 0. The third kappa shape index (κ3) is 5.19. The molecule has 0 saturated heterocycles. The molecule has 2 heterocycles. The molecule has 2 aromatic heterocycles. The highest BCUT2D eigenvalue weighted by molar-refractivity contribution is 6.21. The SMILES string of the molecule is c1ccc(-c2cccc3cccc(-c4cccc(-c5nc(-c6ccc7ccccc7c6)nc(-n6c7ccccc7c7c8ccccc8ccc76)n5)c4)c23)cc1. The van der Waals surface area contributed by atoms with E-state index in [1.165, 1.54) is 43.4 Å². The lowest BCUT2D eigenvalue weighted by Gasteiger charge is -2.14. The molecule has 0 saturated carbocycles. The fraction of sp³-hybridized carbons (Fsp3) is 0. The van der Waals surface area contributed by atoms with Crippen molar-refractivity contribution in [3.63, 3.8) is 0 Å². The van der Waals surface area contributed by atoms with Crippen molar-refractivity contribution in [2.45, 2.75) is 0 Å². The van der Waals surface area contributed by atoms with Gasteiger partial charge in [-0.05, 0) is 78.8 Å². The van der Waals surface area contributed by atoms with Crippen LogP contribution < -0.4 is 0 Å². The zero-order valence-electron chi connectivity index (χ0n) is 29.8. The van der Waals surface area contributed by atoms with Crippen LogP contribution in [0, 0.1) is 0 Å². The van der Waals surface area contributed by atoms with Crippen LogP contribution in [0.1, 0.15) is 0 Å². The Kier molecular flexibility index (Phi) is 7.14. The molecule has 0 spiro atoms. The summed E-state index contributed by atoms with van der Waals surface area (Å²) in [6.45, 7) is 0. The smallest absolute Gasteiger partial charge is 0.238 e. The number of fused-ring (bicyclic) bond motifs is 7. The minimum atomic E-state index is 0.580. The fourth-order valence-corrected chi connectivity index (χ4v) is 8.27. The van der Waals surface area contributed by atoms with Gasteiger partial charge in [0.15, 0.2) is 11.6 Å². The molecule has 9 aromatic carbocycles. The van der Waals surface area contributed by atoms with Gasteiger partial charge in [0.1, 0.15) is 0 Å². The fourth-order valence-electron chi connectivity index (χ4n) is 8.27. The predicted octanol–water partition coefficient (Wildman–Crippen LogP) is 13.1. The second kappa shape index (κ2) is 12.6. The Bertz CT molecular complexity index is 3260. The third-order valence-electron chi connectivity index (χ3n) is 10.8. The van der Waals surface area contributed by atoms with Crippen LogP contribution >= 0.6 is 0 Å². The molecule has 0 bridgehead atoms. The van der Waals surface area contributed by atoms with Gasteiger partial charge in [-0.3, -0.25) is 4.57 Å². The summed E-state index contributed by atoms with van der Waals surface area (Å²) in [6.07, 6.45) is 0. The summed E-state index contributed by atoms with van der Waals surface area (Å²) < 4.78 is 2.20. The lowest BCUT2D eigenvalue weighted by molar-refractivity contribution is 0.954. The minimum absolute atomic E-state index is 0.580. The van der Waals surface area contributed by atoms with Crippen molar-refractivity contribution in [2.24, 2.45) is 0 Å². The van der Waals surface area contributed by atoms with Crippen molar-refractivity contribution < 1.29 is 0 Å². The lowest BCUT2D eigenvalue weighted by atomic mass is 9.91. The van der Waals surface area contributed by atoms with Gasteiger partial charge in [0.25, 0.3) is 0 Å². The largest absolute Gasteiger partial charge is 0.278 e. The first kappa shape index (κ1) is 31.1. The van der Waals surface area contributed by atoms with E-state index >= 15 is 0 Å². The standard InChI is InChI=1S/C51H32N4/c1-2-14-34(15-3-1)41-24-11-18-36-19-12-25-43(47(36)41)38-20-10-21-39(32-38)49-52-50(40-28-27-33-13-4-5-17-37(33)31-40)54-51(53-49)55-45-26-9-8-23-44(45)48-42-22-7-6-16-35(42)29-30-46(48)55/h1-32H. The average molecular weight is 701 g/mol. The number of benzene rings is 9. The Morgan fingerprint density at radius 2 is 0.891 bits per heavy atom. The highest BCUT2D eigenvalue weighted by Gasteiger charge is 2.20. The first-order valence-corrected chi connectivity index (χ1v) is 18.6. The van der Waals surface area contributed by atoms with E-state index in [2.05, 4.69) is 199 Å². The van der Waals surface area contributed by atoms with Gasteiger partial charge in [0.2, 0.25) is 5.95 Å². The Morgan fingerprint density at radius 3 is 1.71 bits per heavy atom. The van der Waals surface area contributed by atoms with Gasteiger partial charge in [0.05, 0.1) is 11.0 Å². The molecular formula is C51H32N4. The third-order valence-corrected chi connectivity index (χ3v) is 10.8. The molecule has 11 aromatic rings. The van der Waals surface area contributed by atoms with E-state index in [-0.39, 0.29) is 0 Å². The Labute approximate surface area is 317 Å². The van der Waals surface area contributed by atoms with E-state index in [4.69, 9.17) is 15.0 Å². The van der Waals surface area contributed by atoms with Gasteiger partial charge >= 0.3 is 0 Å². The molecule has 0 atom stereocenters. The first-order valence-electron chi connectivity index (χ1n) is 18.6. The normalized spacial score (nSPS) is 11.6. The first-order chi connectivity index (χ1) is 27.3. The highest BCUT2D eigenvalue weighted by atomic mass is 15.2.